The number of carbonyl (C=O) groups is 1. The van der Waals surface area contributed by atoms with Crippen molar-refractivity contribution in [1.29, 1.82) is 0 Å². The molecular weight excluding hydrogens is 470 g/mol. The molecule has 1 aliphatic heterocycles. The Morgan fingerprint density at radius 3 is 2.62 bits per heavy atom. The smallest absolute Gasteiger partial charge is 0.340 e. The molecule has 3 saturated carbocycles. The first-order valence-electron chi connectivity index (χ1n) is 14.2. The lowest BCUT2D eigenvalue weighted by molar-refractivity contribution is -0.219. The molecule has 5 rings (SSSR count). The minimum atomic E-state index is -0.623. The standard InChI is InChI=1S/C30H45NO6/c1-7-29-23(10-14-28(15-16-33-5)30(36-21(3)35-28)12-8-9-24(29)30)27(4,13-11-25(29)34-6)37-26(32)22-17-20(2)18-31-19-22/h17-19,21,23-25H,7-16H2,1-6H3/t21?,23?,24?,25-,27-,28+,29+,30+/m0/s1. The van der Waals surface area contributed by atoms with E-state index in [0.29, 0.717) is 12.2 Å². The van der Waals surface area contributed by atoms with Crippen LogP contribution >= 0.6 is 0 Å². The molecule has 3 aliphatic carbocycles. The van der Waals surface area contributed by atoms with E-state index in [1.54, 1.807) is 19.5 Å². The van der Waals surface area contributed by atoms with Crippen molar-refractivity contribution >= 4 is 5.97 Å². The summed E-state index contributed by atoms with van der Waals surface area (Å²) in [4.78, 5) is 17.7. The van der Waals surface area contributed by atoms with Crippen LogP contribution in [0.2, 0.25) is 0 Å². The van der Waals surface area contributed by atoms with Crippen LogP contribution in [0.4, 0.5) is 0 Å². The van der Waals surface area contributed by atoms with Gasteiger partial charge in [-0.2, -0.15) is 0 Å². The van der Waals surface area contributed by atoms with Gasteiger partial charge >= 0.3 is 5.97 Å². The highest BCUT2D eigenvalue weighted by Crippen LogP contribution is 2.70. The van der Waals surface area contributed by atoms with Gasteiger partial charge in [0.05, 0.1) is 11.7 Å². The van der Waals surface area contributed by atoms with Gasteiger partial charge in [-0.05, 0) is 83.3 Å². The summed E-state index contributed by atoms with van der Waals surface area (Å²) in [5.41, 5.74) is -0.142. The van der Waals surface area contributed by atoms with Crippen LogP contribution in [-0.4, -0.2) is 61.0 Å². The van der Waals surface area contributed by atoms with Gasteiger partial charge in [0.15, 0.2) is 6.29 Å². The van der Waals surface area contributed by atoms with E-state index < -0.39 is 11.2 Å². The van der Waals surface area contributed by atoms with Gasteiger partial charge in [-0.1, -0.05) is 13.3 Å². The molecule has 2 heterocycles. The van der Waals surface area contributed by atoms with Crippen LogP contribution in [0.5, 0.6) is 0 Å². The zero-order valence-corrected chi connectivity index (χ0v) is 23.5. The second kappa shape index (κ2) is 9.89. The average Bonchev–Trinajstić information content (AvgIpc) is 3.40. The number of carbonyl (C=O) groups excluding carboxylic acids is 1. The number of aromatic nitrogens is 1. The maximum absolute atomic E-state index is 13.5. The molecule has 0 N–H and O–H groups in total. The van der Waals surface area contributed by atoms with Crippen molar-refractivity contribution in [3.8, 4) is 0 Å². The predicted molar refractivity (Wildman–Crippen MR) is 139 cm³/mol. The number of methoxy groups -OCH3 is 2. The van der Waals surface area contributed by atoms with Crippen molar-refractivity contribution in [2.24, 2.45) is 17.3 Å². The highest BCUT2D eigenvalue weighted by atomic mass is 16.7. The van der Waals surface area contributed by atoms with Gasteiger partial charge in [-0.15, -0.1) is 0 Å². The lowest BCUT2D eigenvalue weighted by Crippen LogP contribution is -2.64. The Labute approximate surface area is 221 Å². The van der Waals surface area contributed by atoms with Crippen LogP contribution in [0, 0.1) is 24.2 Å². The molecular formula is C30H45NO6. The van der Waals surface area contributed by atoms with E-state index in [4.69, 9.17) is 23.7 Å². The van der Waals surface area contributed by atoms with E-state index in [0.717, 1.165) is 63.4 Å². The third kappa shape index (κ3) is 3.98. The lowest BCUT2D eigenvalue weighted by Gasteiger charge is -2.60. The Morgan fingerprint density at radius 2 is 1.92 bits per heavy atom. The minimum absolute atomic E-state index is 0.0765. The summed E-state index contributed by atoms with van der Waals surface area (Å²) in [5, 5.41) is 0. The Morgan fingerprint density at radius 1 is 1.11 bits per heavy atom. The zero-order chi connectivity index (χ0) is 26.5. The third-order valence-electron chi connectivity index (χ3n) is 10.6. The molecule has 3 unspecified atom stereocenters. The van der Waals surface area contributed by atoms with Crippen molar-refractivity contribution in [1.82, 2.24) is 4.98 Å². The number of pyridine rings is 1. The van der Waals surface area contributed by atoms with Gasteiger partial charge in [0.25, 0.3) is 0 Å². The molecule has 37 heavy (non-hydrogen) atoms. The fourth-order valence-electron chi connectivity index (χ4n) is 9.33. The molecule has 4 aliphatic rings. The summed E-state index contributed by atoms with van der Waals surface area (Å²) in [6.07, 6.45) is 11.5. The van der Waals surface area contributed by atoms with Gasteiger partial charge in [-0.3, -0.25) is 4.98 Å². The molecule has 8 atom stereocenters. The van der Waals surface area contributed by atoms with Gasteiger partial charge < -0.3 is 23.7 Å². The van der Waals surface area contributed by atoms with E-state index in [1.165, 1.54) is 0 Å². The Bertz CT molecular complexity index is 1000. The molecule has 0 radical (unpaired) electrons. The largest absolute Gasteiger partial charge is 0.455 e. The van der Waals surface area contributed by atoms with Gasteiger partial charge in [-0.25, -0.2) is 4.79 Å². The maximum Gasteiger partial charge on any atom is 0.340 e. The number of hydrogen-bond acceptors (Lipinski definition) is 7. The summed E-state index contributed by atoms with van der Waals surface area (Å²) >= 11 is 0. The summed E-state index contributed by atoms with van der Waals surface area (Å²) in [5.74, 6) is 0.0847. The monoisotopic (exact) mass is 515 g/mol. The normalized spacial score (nSPS) is 43.0. The Kier molecular flexibility index (Phi) is 7.23. The number of aryl methyl sites for hydroxylation is 1. The SMILES string of the molecule is CC[C@@]12C(CC[C@]3(CCOC)OC(C)O[C@@]34CCCC14)[C@@](C)(OC(=O)c1cncc(C)c1)CC[C@@H]2OC. The van der Waals surface area contributed by atoms with Crippen molar-refractivity contribution in [2.75, 3.05) is 20.8 Å². The van der Waals surface area contributed by atoms with Crippen molar-refractivity contribution in [2.45, 2.75) is 115 Å². The summed E-state index contributed by atoms with van der Waals surface area (Å²) < 4.78 is 32.1. The molecule has 1 spiro atoms. The van der Waals surface area contributed by atoms with Gasteiger partial charge in [0.2, 0.25) is 0 Å². The van der Waals surface area contributed by atoms with Crippen LogP contribution in [0.25, 0.3) is 0 Å². The second-order valence-corrected chi connectivity index (χ2v) is 12.1. The first kappa shape index (κ1) is 27.0. The zero-order valence-electron chi connectivity index (χ0n) is 23.5. The van der Waals surface area contributed by atoms with Crippen LogP contribution in [0.1, 0.15) is 94.5 Å². The molecule has 0 amide bonds. The first-order chi connectivity index (χ1) is 17.7. The maximum atomic E-state index is 13.5. The molecule has 1 aromatic rings. The average molecular weight is 516 g/mol. The molecule has 0 aromatic carbocycles. The number of rotatable bonds is 7. The number of esters is 1. The Hall–Kier alpha value is -1.54. The van der Waals surface area contributed by atoms with E-state index >= 15 is 0 Å². The lowest BCUT2D eigenvalue weighted by atomic mass is 9.50. The van der Waals surface area contributed by atoms with Crippen LogP contribution in [0.15, 0.2) is 18.5 Å². The minimum Gasteiger partial charge on any atom is -0.455 e. The number of fused-ring (bicyclic) bond motifs is 2. The van der Waals surface area contributed by atoms with Gasteiger partial charge in [0, 0.05) is 51.0 Å². The van der Waals surface area contributed by atoms with Crippen LogP contribution < -0.4 is 0 Å². The van der Waals surface area contributed by atoms with E-state index in [-0.39, 0.29) is 41.2 Å². The van der Waals surface area contributed by atoms with Crippen molar-refractivity contribution in [3.05, 3.63) is 29.6 Å². The number of ether oxygens (including phenoxy) is 5. The van der Waals surface area contributed by atoms with Crippen LogP contribution in [-0.2, 0) is 23.7 Å². The van der Waals surface area contributed by atoms with Gasteiger partial charge in [0.1, 0.15) is 16.8 Å². The summed E-state index contributed by atoms with van der Waals surface area (Å²) in [6, 6.07) is 1.86. The molecule has 7 heteroatoms. The number of nitrogens with zero attached hydrogens (tertiary/aromatic N) is 1. The van der Waals surface area contributed by atoms with Crippen LogP contribution in [0.3, 0.4) is 0 Å². The van der Waals surface area contributed by atoms with E-state index in [2.05, 4.69) is 18.8 Å². The molecule has 7 nitrogen and oxygen atoms in total. The summed E-state index contributed by atoms with van der Waals surface area (Å²) in [7, 11) is 3.61. The first-order valence-corrected chi connectivity index (χ1v) is 14.2. The summed E-state index contributed by atoms with van der Waals surface area (Å²) in [6.45, 7) is 9.07. The Balaban J connectivity index is 1.60. The van der Waals surface area contributed by atoms with Crippen molar-refractivity contribution < 1.29 is 28.5 Å². The fraction of sp³-hybridized carbons (Fsp3) is 0.800. The van der Waals surface area contributed by atoms with E-state index in [1.807, 2.05) is 27.0 Å². The topological polar surface area (TPSA) is 76.1 Å². The fourth-order valence-corrected chi connectivity index (χ4v) is 9.33. The quantitative estimate of drug-likeness (QED) is 0.436. The second-order valence-electron chi connectivity index (χ2n) is 12.1. The predicted octanol–water partition coefficient (Wildman–Crippen LogP) is 5.63. The van der Waals surface area contributed by atoms with E-state index in [9.17, 15) is 4.79 Å². The molecule has 206 valence electrons. The highest BCUT2D eigenvalue weighted by molar-refractivity contribution is 5.89. The molecule has 4 fully saturated rings. The highest BCUT2D eigenvalue weighted by Gasteiger charge is 2.74. The molecule has 1 aromatic heterocycles. The molecule has 0 bridgehead atoms. The molecule has 1 saturated heterocycles. The van der Waals surface area contributed by atoms with Crippen molar-refractivity contribution in [3.63, 3.8) is 0 Å². The number of hydrogen-bond donors (Lipinski definition) is 0. The third-order valence-corrected chi connectivity index (χ3v) is 10.6.